The second-order valence-corrected chi connectivity index (χ2v) is 6.33. The predicted molar refractivity (Wildman–Crippen MR) is 78.0 cm³/mol. The lowest BCUT2D eigenvalue weighted by atomic mass is 10.0. The van der Waals surface area contributed by atoms with Crippen LogP contribution in [0.5, 0.6) is 0 Å². The van der Waals surface area contributed by atoms with Gasteiger partial charge in [-0.1, -0.05) is 0 Å². The Hall–Kier alpha value is -1.09. The Morgan fingerprint density at radius 1 is 1.39 bits per heavy atom. The van der Waals surface area contributed by atoms with Gasteiger partial charge in [0.2, 0.25) is 0 Å². The van der Waals surface area contributed by atoms with E-state index >= 15 is 0 Å². The summed E-state index contributed by atoms with van der Waals surface area (Å²) in [4.78, 5) is 14.2. The highest BCUT2D eigenvalue weighted by Crippen LogP contribution is 2.34. The molecule has 0 atom stereocenters. The first kappa shape index (κ1) is 13.3. The van der Waals surface area contributed by atoms with Crippen molar-refractivity contribution in [2.45, 2.75) is 38.3 Å². The third-order valence-corrected chi connectivity index (χ3v) is 3.82. The molecule has 94 valence electrons. The molecule has 0 unspecified atom stereocenters. The average Bonchev–Trinajstić information content (AvgIpc) is 3.14. The summed E-state index contributed by atoms with van der Waals surface area (Å²) in [7, 11) is 0. The van der Waals surface area contributed by atoms with E-state index in [-0.39, 0.29) is 11.9 Å². The number of carbonyl (C=O) groups is 1. The standard InChI is InChI=1S/C14H15IN2O/c1-14(2,9-16)17(12-7-8-12)13(18)10-3-5-11(15)6-4-10/h3-6,12H,7-8H2,1-2H3. The summed E-state index contributed by atoms with van der Waals surface area (Å²) in [6, 6.07) is 9.94. The summed E-state index contributed by atoms with van der Waals surface area (Å²) >= 11 is 2.21. The molecule has 0 radical (unpaired) electrons. The maximum atomic E-state index is 12.5. The molecule has 0 N–H and O–H groups in total. The fraction of sp³-hybridized carbons (Fsp3) is 0.429. The SMILES string of the molecule is CC(C)(C#N)N(C(=O)c1ccc(I)cc1)C1CC1. The first-order valence-corrected chi connectivity index (χ1v) is 7.04. The third-order valence-electron chi connectivity index (χ3n) is 3.10. The molecule has 1 aromatic rings. The van der Waals surface area contributed by atoms with Crippen LogP contribution in [-0.2, 0) is 0 Å². The smallest absolute Gasteiger partial charge is 0.255 e. The van der Waals surface area contributed by atoms with Crippen molar-refractivity contribution >= 4 is 28.5 Å². The van der Waals surface area contributed by atoms with Gasteiger partial charge in [-0.15, -0.1) is 0 Å². The molecule has 0 aliphatic heterocycles. The summed E-state index contributed by atoms with van der Waals surface area (Å²) in [6.45, 7) is 3.60. The van der Waals surface area contributed by atoms with Gasteiger partial charge in [0.05, 0.1) is 6.07 Å². The zero-order valence-corrected chi connectivity index (χ0v) is 12.6. The van der Waals surface area contributed by atoms with E-state index in [9.17, 15) is 10.1 Å². The van der Waals surface area contributed by atoms with Crippen LogP contribution in [0.2, 0.25) is 0 Å². The Balaban J connectivity index is 2.30. The molecule has 0 heterocycles. The molecule has 1 saturated carbocycles. The predicted octanol–water partition coefficient (Wildman–Crippen LogP) is 3.20. The van der Waals surface area contributed by atoms with E-state index in [4.69, 9.17) is 0 Å². The number of nitriles is 1. The molecule has 1 fully saturated rings. The van der Waals surface area contributed by atoms with E-state index in [1.165, 1.54) is 0 Å². The number of rotatable bonds is 3. The number of amides is 1. The zero-order chi connectivity index (χ0) is 13.3. The lowest BCUT2D eigenvalue weighted by Gasteiger charge is -2.33. The first-order chi connectivity index (χ1) is 8.45. The number of carbonyl (C=O) groups excluding carboxylic acids is 1. The van der Waals surface area contributed by atoms with Gasteiger partial charge in [0.25, 0.3) is 5.91 Å². The van der Waals surface area contributed by atoms with Crippen molar-refractivity contribution in [3.63, 3.8) is 0 Å². The van der Waals surface area contributed by atoms with Gasteiger partial charge >= 0.3 is 0 Å². The quantitative estimate of drug-likeness (QED) is 0.783. The summed E-state index contributed by atoms with van der Waals surface area (Å²) < 4.78 is 1.10. The van der Waals surface area contributed by atoms with Gasteiger partial charge in [0.15, 0.2) is 0 Å². The van der Waals surface area contributed by atoms with Gasteiger partial charge < -0.3 is 4.90 Å². The van der Waals surface area contributed by atoms with Crippen molar-refractivity contribution in [2.24, 2.45) is 0 Å². The molecule has 1 amide bonds. The Morgan fingerprint density at radius 2 is 1.94 bits per heavy atom. The van der Waals surface area contributed by atoms with E-state index in [1.54, 1.807) is 18.7 Å². The van der Waals surface area contributed by atoms with Crippen molar-refractivity contribution < 1.29 is 4.79 Å². The number of halogens is 1. The highest BCUT2D eigenvalue weighted by molar-refractivity contribution is 14.1. The van der Waals surface area contributed by atoms with Crippen molar-refractivity contribution in [1.82, 2.24) is 4.90 Å². The zero-order valence-electron chi connectivity index (χ0n) is 10.5. The van der Waals surface area contributed by atoms with Gasteiger partial charge in [0.1, 0.15) is 5.54 Å². The highest BCUT2D eigenvalue weighted by Gasteiger charge is 2.42. The van der Waals surface area contributed by atoms with Crippen molar-refractivity contribution in [3.8, 4) is 6.07 Å². The van der Waals surface area contributed by atoms with Gasteiger partial charge in [-0.3, -0.25) is 4.79 Å². The lowest BCUT2D eigenvalue weighted by molar-refractivity contribution is 0.0615. The molecule has 0 saturated heterocycles. The largest absolute Gasteiger partial charge is 0.317 e. The van der Waals surface area contributed by atoms with Gasteiger partial charge in [-0.2, -0.15) is 5.26 Å². The number of hydrogen-bond acceptors (Lipinski definition) is 2. The molecule has 1 aromatic carbocycles. The third kappa shape index (κ3) is 2.66. The first-order valence-electron chi connectivity index (χ1n) is 5.96. The second kappa shape index (κ2) is 4.88. The molecule has 18 heavy (non-hydrogen) atoms. The minimum Gasteiger partial charge on any atom is -0.317 e. The summed E-state index contributed by atoms with van der Waals surface area (Å²) in [5, 5.41) is 9.24. The minimum absolute atomic E-state index is 0.0412. The Morgan fingerprint density at radius 3 is 2.39 bits per heavy atom. The Labute approximate surface area is 121 Å². The van der Waals surface area contributed by atoms with Gasteiger partial charge in [-0.05, 0) is 73.5 Å². The minimum atomic E-state index is -0.749. The fourth-order valence-corrected chi connectivity index (χ4v) is 2.35. The average molecular weight is 354 g/mol. The maximum absolute atomic E-state index is 12.5. The van der Waals surface area contributed by atoms with Crippen molar-refractivity contribution in [1.29, 1.82) is 5.26 Å². The number of nitrogens with zero attached hydrogens (tertiary/aromatic N) is 2. The van der Waals surface area contributed by atoms with Crippen LogP contribution < -0.4 is 0 Å². The van der Waals surface area contributed by atoms with E-state index < -0.39 is 5.54 Å². The van der Waals surface area contributed by atoms with Crippen LogP contribution in [0.15, 0.2) is 24.3 Å². The normalized spacial score (nSPS) is 15.0. The summed E-state index contributed by atoms with van der Waals surface area (Å²) in [5.41, 5.74) is -0.0908. The monoisotopic (exact) mass is 354 g/mol. The van der Waals surface area contributed by atoms with Crippen LogP contribution in [0.3, 0.4) is 0 Å². The number of hydrogen-bond donors (Lipinski definition) is 0. The molecular weight excluding hydrogens is 339 g/mol. The Kier molecular flexibility index (Phi) is 3.62. The highest BCUT2D eigenvalue weighted by atomic mass is 127. The van der Waals surface area contributed by atoms with E-state index in [0.717, 1.165) is 16.4 Å². The van der Waals surface area contributed by atoms with Crippen LogP contribution >= 0.6 is 22.6 Å². The molecule has 3 nitrogen and oxygen atoms in total. The summed E-state index contributed by atoms with van der Waals surface area (Å²) in [6.07, 6.45) is 2.00. The summed E-state index contributed by atoms with van der Waals surface area (Å²) in [5.74, 6) is -0.0412. The van der Waals surface area contributed by atoms with Crippen LogP contribution in [0, 0.1) is 14.9 Å². The molecule has 2 rings (SSSR count). The second-order valence-electron chi connectivity index (χ2n) is 5.08. The Bertz CT molecular complexity index is 498. The fourth-order valence-electron chi connectivity index (χ4n) is 1.99. The van der Waals surface area contributed by atoms with E-state index in [1.807, 2.05) is 24.3 Å². The molecular formula is C14H15IN2O. The van der Waals surface area contributed by atoms with Crippen molar-refractivity contribution in [2.75, 3.05) is 0 Å². The topological polar surface area (TPSA) is 44.1 Å². The van der Waals surface area contributed by atoms with Crippen LogP contribution in [0.1, 0.15) is 37.0 Å². The van der Waals surface area contributed by atoms with Crippen LogP contribution in [0.4, 0.5) is 0 Å². The van der Waals surface area contributed by atoms with Crippen LogP contribution in [0.25, 0.3) is 0 Å². The van der Waals surface area contributed by atoms with Gasteiger partial charge in [0, 0.05) is 15.2 Å². The van der Waals surface area contributed by atoms with Crippen molar-refractivity contribution in [3.05, 3.63) is 33.4 Å². The van der Waals surface area contributed by atoms with E-state index in [2.05, 4.69) is 28.7 Å². The van der Waals surface area contributed by atoms with E-state index in [0.29, 0.717) is 5.56 Å². The molecule has 1 aliphatic carbocycles. The lowest BCUT2D eigenvalue weighted by Crippen LogP contribution is -2.48. The molecule has 0 aromatic heterocycles. The number of benzene rings is 1. The molecule has 0 spiro atoms. The van der Waals surface area contributed by atoms with Crippen LogP contribution in [-0.4, -0.2) is 22.4 Å². The molecule has 0 bridgehead atoms. The van der Waals surface area contributed by atoms with Gasteiger partial charge in [-0.25, -0.2) is 0 Å². The molecule has 4 heteroatoms. The molecule has 1 aliphatic rings. The maximum Gasteiger partial charge on any atom is 0.255 e.